The fourth-order valence-corrected chi connectivity index (χ4v) is 2.64. The highest BCUT2D eigenvalue weighted by molar-refractivity contribution is 5.93. The van der Waals surface area contributed by atoms with Crippen LogP contribution in [0.15, 0.2) is 16.9 Å². The monoisotopic (exact) mass is 273 g/mol. The molecule has 3 heterocycles. The van der Waals surface area contributed by atoms with Crippen molar-refractivity contribution in [3.63, 3.8) is 0 Å². The third-order valence-electron chi connectivity index (χ3n) is 3.90. The molecule has 20 heavy (non-hydrogen) atoms. The standard InChI is InChI=1S/C13H15N5O2/c19-12(9-2-1-5-18-7-15-17-11(9)18)16-13-14-6-10(20-13)8-3-4-8/h6-9H,1-5H2,(H,14,16,19). The number of aromatic nitrogens is 4. The molecule has 1 amide bonds. The second-order valence-electron chi connectivity index (χ2n) is 5.41. The van der Waals surface area contributed by atoms with Crippen molar-refractivity contribution in [2.24, 2.45) is 0 Å². The maximum atomic E-state index is 12.3. The summed E-state index contributed by atoms with van der Waals surface area (Å²) in [5.74, 6) is 1.69. The molecule has 1 fully saturated rings. The van der Waals surface area contributed by atoms with Crippen LogP contribution in [0.1, 0.15) is 49.1 Å². The van der Waals surface area contributed by atoms with Crippen molar-refractivity contribution >= 4 is 11.9 Å². The van der Waals surface area contributed by atoms with E-state index < -0.39 is 0 Å². The Morgan fingerprint density at radius 3 is 3.15 bits per heavy atom. The predicted octanol–water partition coefficient (Wildman–Crippen LogP) is 1.66. The fraction of sp³-hybridized carbons (Fsp3) is 0.538. The van der Waals surface area contributed by atoms with E-state index in [1.165, 1.54) is 0 Å². The minimum Gasteiger partial charge on any atom is -0.428 e. The van der Waals surface area contributed by atoms with Crippen molar-refractivity contribution in [2.75, 3.05) is 5.32 Å². The quantitative estimate of drug-likeness (QED) is 0.919. The summed E-state index contributed by atoms with van der Waals surface area (Å²) in [6.45, 7) is 0.872. The highest BCUT2D eigenvalue weighted by Crippen LogP contribution is 2.40. The molecule has 1 aliphatic carbocycles. The number of carbonyl (C=O) groups is 1. The van der Waals surface area contributed by atoms with Crippen LogP contribution < -0.4 is 5.32 Å². The Kier molecular flexibility index (Phi) is 2.58. The molecule has 104 valence electrons. The number of fused-ring (bicyclic) bond motifs is 1. The number of aryl methyl sites for hydroxylation is 1. The van der Waals surface area contributed by atoms with Crippen molar-refractivity contribution in [1.82, 2.24) is 19.7 Å². The average Bonchev–Trinajstić information content (AvgIpc) is 3.00. The van der Waals surface area contributed by atoms with Gasteiger partial charge in [0.1, 0.15) is 17.9 Å². The van der Waals surface area contributed by atoms with Gasteiger partial charge in [0.05, 0.1) is 12.1 Å². The van der Waals surface area contributed by atoms with Gasteiger partial charge in [0, 0.05) is 12.5 Å². The third kappa shape index (κ3) is 1.99. The minimum absolute atomic E-state index is 0.122. The van der Waals surface area contributed by atoms with Crippen LogP contribution in [-0.2, 0) is 11.3 Å². The molecule has 0 saturated heterocycles. The molecule has 7 heteroatoms. The van der Waals surface area contributed by atoms with Gasteiger partial charge in [0.25, 0.3) is 0 Å². The fourth-order valence-electron chi connectivity index (χ4n) is 2.64. The van der Waals surface area contributed by atoms with Crippen molar-refractivity contribution < 1.29 is 9.21 Å². The molecule has 1 atom stereocenters. The zero-order valence-electron chi connectivity index (χ0n) is 11.0. The maximum absolute atomic E-state index is 12.3. The van der Waals surface area contributed by atoms with Gasteiger partial charge in [0.15, 0.2) is 0 Å². The first kappa shape index (κ1) is 11.6. The summed E-state index contributed by atoms with van der Waals surface area (Å²) < 4.78 is 7.48. The Morgan fingerprint density at radius 1 is 1.40 bits per heavy atom. The van der Waals surface area contributed by atoms with Gasteiger partial charge in [0.2, 0.25) is 5.91 Å². The van der Waals surface area contributed by atoms with Crippen molar-refractivity contribution in [2.45, 2.75) is 44.1 Å². The van der Waals surface area contributed by atoms with Crippen molar-refractivity contribution in [1.29, 1.82) is 0 Å². The number of nitrogens with one attached hydrogen (secondary N) is 1. The lowest BCUT2D eigenvalue weighted by Gasteiger charge is -2.20. The summed E-state index contributed by atoms with van der Waals surface area (Å²) >= 11 is 0. The van der Waals surface area contributed by atoms with E-state index in [4.69, 9.17) is 4.42 Å². The number of carbonyl (C=O) groups excluding carboxylic acids is 1. The zero-order chi connectivity index (χ0) is 13.5. The van der Waals surface area contributed by atoms with E-state index >= 15 is 0 Å². The highest BCUT2D eigenvalue weighted by Gasteiger charge is 2.31. The molecule has 2 aromatic rings. The average molecular weight is 273 g/mol. The molecule has 1 saturated carbocycles. The van der Waals surface area contributed by atoms with E-state index in [0.29, 0.717) is 5.92 Å². The Bertz CT molecular complexity index is 643. The molecule has 7 nitrogen and oxygen atoms in total. The smallest absolute Gasteiger partial charge is 0.301 e. The van der Waals surface area contributed by atoms with Gasteiger partial charge in [-0.25, -0.2) is 4.98 Å². The SMILES string of the molecule is O=C(Nc1ncc(C2CC2)o1)C1CCCn2cnnc21. The first-order valence-corrected chi connectivity index (χ1v) is 6.95. The van der Waals surface area contributed by atoms with Crippen LogP contribution in [0.25, 0.3) is 0 Å². The molecular weight excluding hydrogens is 258 g/mol. The predicted molar refractivity (Wildman–Crippen MR) is 69.1 cm³/mol. The van der Waals surface area contributed by atoms with Gasteiger partial charge in [-0.2, -0.15) is 0 Å². The lowest BCUT2D eigenvalue weighted by Crippen LogP contribution is -2.27. The summed E-state index contributed by atoms with van der Waals surface area (Å²) in [5, 5.41) is 10.7. The lowest BCUT2D eigenvalue weighted by molar-refractivity contribution is -0.118. The van der Waals surface area contributed by atoms with Crippen LogP contribution in [0, 0.1) is 0 Å². The Labute approximate surface area is 115 Å². The zero-order valence-corrected chi connectivity index (χ0v) is 11.0. The van der Waals surface area contributed by atoms with Crippen molar-refractivity contribution in [3.05, 3.63) is 24.1 Å². The summed E-state index contributed by atoms with van der Waals surface area (Å²) in [7, 11) is 0. The Morgan fingerprint density at radius 2 is 2.30 bits per heavy atom. The highest BCUT2D eigenvalue weighted by atomic mass is 16.4. The van der Waals surface area contributed by atoms with E-state index in [0.717, 1.165) is 43.8 Å². The van der Waals surface area contributed by atoms with Gasteiger partial charge in [-0.1, -0.05) is 0 Å². The number of oxazole rings is 1. The van der Waals surface area contributed by atoms with E-state index in [9.17, 15) is 4.79 Å². The van der Waals surface area contributed by atoms with Crippen molar-refractivity contribution in [3.8, 4) is 0 Å². The van der Waals surface area contributed by atoms with E-state index in [1.54, 1.807) is 12.5 Å². The molecule has 0 spiro atoms. The van der Waals surface area contributed by atoms with Gasteiger partial charge >= 0.3 is 6.01 Å². The molecule has 0 aromatic carbocycles. The topological polar surface area (TPSA) is 85.8 Å². The van der Waals surface area contributed by atoms with E-state index in [1.807, 2.05) is 4.57 Å². The number of amides is 1. The van der Waals surface area contributed by atoms with Gasteiger partial charge in [-0.3, -0.25) is 10.1 Å². The van der Waals surface area contributed by atoms with E-state index in [-0.39, 0.29) is 17.8 Å². The number of rotatable bonds is 3. The van der Waals surface area contributed by atoms with E-state index in [2.05, 4.69) is 20.5 Å². The van der Waals surface area contributed by atoms with Gasteiger partial charge in [-0.15, -0.1) is 10.2 Å². The van der Waals surface area contributed by atoms with Crippen LogP contribution in [0.5, 0.6) is 0 Å². The molecule has 1 aliphatic heterocycles. The summed E-state index contributed by atoms with van der Waals surface area (Å²) in [6.07, 6.45) is 7.40. The first-order chi connectivity index (χ1) is 9.81. The first-order valence-electron chi connectivity index (χ1n) is 6.95. The van der Waals surface area contributed by atoms with Gasteiger partial charge in [-0.05, 0) is 25.7 Å². The maximum Gasteiger partial charge on any atom is 0.301 e. The second-order valence-corrected chi connectivity index (χ2v) is 5.41. The van der Waals surface area contributed by atoms with Crippen LogP contribution in [-0.4, -0.2) is 25.7 Å². The largest absolute Gasteiger partial charge is 0.428 e. The molecule has 4 rings (SSSR count). The molecule has 2 aliphatic rings. The third-order valence-corrected chi connectivity index (χ3v) is 3.90. The van der Waals surface area contributed by atoms with Crippen LogP contribution in [0.3, 0.4) is 0 Å². The molecule has 0 bridgehead atoms. The summed E-state index contributed by atoms with van der Waals surface area (Å²) in [4.78, 5) is 16.4. The molecule has 0 radical (unpaired) electrons. The molecule has 1 N–H and O–H groups in total. The Hall–Kier alpha value is -2.18. The van der Waals surface area contributed by atoms with Crippen LogP contribution in [0.2, 0.25) is 0 Å². The van der Waals surface area contributed by atoms with Crippen LogP contribution in [0.4, 0.5) is 6.01 Å². The number of hydrogen-bond donors (Lipinski definition) is 1. The number of hydrogen-bond acceptors (Lipinski definition) is 5. The molecular formula is C13H15N5O2. The lowest BCUT2D eigenvalue weighted by atomic mass is 9.98. The minimum atomic E-state index is -0.275. The van der Waals surface area contributed by atoms with Gasteiger partial charge < -0.3 is 8.98 Å². The Balaban J connectivity index is 1.50. The summed E-state index contributed by atoms with van der Waals surface area (Å²) in [6, 6.07) is 0.286. The summed E-state index contributed by atoms with van der Waals surface area (Å²) in [5.41, 5.74) is 0. The number of anilines is 1. The number of nitrogens with zero attached hydrogens (tertiary/aromatic N) is 4. The normalized spacial score (nSPS) is 21.5. The second kappa shape index (κ2) is 4.43. The molecule has 1 unspecified atom stereocenters. The molecule has 2 aromatic heterocycles. The van der Waals surface area contributed by atoms with Crippen LogP contribution >= 0.6 is 0 Å².